The Morgan fingerprint density at radius 3 is 2.67 bits per heavy atom. The lowest BCUT2D eigenvalue weighted by atomic mass is 9.80. The van der Waals surface area contributed by atoms with Crippen LogP contribution in [0.4, 0.5) is 11.6 Å². The average Bonchev–Trinajstić information content (AvgIpc) is 2.14. The minimum Gasteiger partial charge on any atom is -0.372 e. The molecule has 15 heavy (non-hydrogen) atoms. The maximum absolute atomic E-state index is 4.18. The summed E-state index contributed by atoms with van der Waals surface area (Å²) in [6, 6.07) is 3.98. The van der Waals surface area contributed by atoms with Crippen LogP contribution in [-0.4, -0.2) is 42.4 Å². The van der Waals surface area contributed by atoms with Gasteiger partial charge in [-0.25, -0.2) is 0 Å². The Morgan fingerprint density at radius 1 is 1.40 bits per heavy atom. The Labute approximate surface area is 88.9 Å². The third kappa shape index (κ3) is 1.34. The predicted octanol–water partition coefficient (Wildman–Crippen LogP) is 0.0704. The van der Waals surface area contributed by atoms with E-state index >= 15 is 0 Å². The van der Waals surface area contributed by atoms with Crippen molar-refractivity contribution in [3.05, 3.63) is 12.1 Å². The van der Waals surface area contributed by atoms with Gasteiger partial charge in [0.15, 0.2) is 5.82 Å². The smallest absolute Gasteiger partial charge is 0.151 e. The zero-order chi connectivity index (χ0) is 10.3. The van der Waals surface area contributed by atoms with Gasteiger partial charge in [-0.1, -0.05) is 0 Å². The van der Waals surface area contributed by atoms with Gasteiger partial charge in [0.2, 0.25) is 0 Å². The van der Waals surface area contributed by atoms with Crippen molar-refractivity contribution in [2.24, 2.45) is 0 Å². The monoisotopic (exact) mass is 205 g/mol. The number of hydrogen-bond donors (Lipinski definition) is 2. The molecule has 0 aromatic carbocycles. The summed E-state index contributed by atoms with van der Waals surface area (Å²) in [7, 11) is 1.85. The zero-order valence-electron chi connectivity index (χ0n) is 8.82. The number of nitrogens with one attached hydrogen (secondary N) is 2. The summed E-state index contributed by atoms with van der Waals surface area (Å²) in [4.78, 5) is 2.26. The molecular weight excluding hydrogens is 190 g/mol. The molecule has 2 N–H and O–H groups in total. The van der Waals surface area contributed by atoms with Gasteiger partial charge in [0.1, 0.15) is 5.82 Å². The first-order valence-corrected chi connectivity index (χ1v) is 5.33. The molecule has 2 aliphatic heterocycles. The van der Waals surface area contributed by atoms with Crippen molar-refractivity contribution in [2.45, 2.75) is 12.0 Å². The van der Waals surface area contributed by atoms with Crippen molar-refractivity contribution < 1.29 is 0 Å². The zero-order valence-corrected chi connectivity index (χ0v) is 8.82. The highest BCUT2D eigenvalue weighted by molar-refractivity contribution is 5.47. The second kappa shape index (κ2) is 3.06. The molecule has 0 saturated carbocycles. The lowest BCUT2D eigenvalue weighted by Gasteiger charge is -2.56. The van der Waals surface area contributed by atoms with Crippen molar-refractivity contribution in [2.75, 3.05) is 36.9 Å². The van der Waals surface area contributed by atoms with E-state index < -0.39 is 0 Å². The summed E-state index contributed by atoms with van der Waals surface area (Å²) in [5, 5.41) is 14.7. The van der Waals surface area contributed by atoms with E-state index in [9.17, 15) is 0 Å². The van der Waals surface area contributed by atoms with Gasteiger partial charge in [-0.3, -0.25) is 0 Å². The van der Waals surface area contributed by atoms with Crippen molar-refractivity contribution in [3.8, 4) is 0 Å². The van der Waals surface area contributed by atoms with Crippen molar-refractivity contribution >= 4 is 11.6 Å². The second-order valence-electron chi connectivity index (χ2n) is 4.34. The van der Waals surface area contributed by atoms with E-state index in [1.165, 1.54) is 6.42 Å². The molecule has 1 spiro atoms. The van der Waals surface area contributed by atoms with Crippen molar-refractivity contribution in [3.63, 3.8) is 0 Å². The van der Waals surface area contributed by atoms with Crippen LogP contribution in [0, 0.1) is 0 Å². The minimum absolute atomic E-state index is 0.406. The molecule has 1 aromatic rings. The summed E-state index contributed by atoms with van der Waals surface area (Å²) in [6.45, 7) is 3.30. The molecule has 0 amide bonds. The van der Waals surface area contributed by atoms with Crippen LogP contribution in [0.3, 0.4) is 0 Å². The topological polar surface area (TPSA) is 53.1 Å². The Kier molecular flexibility index (Phi) is 1.82. The largest absolute Gasteiger partial charge is 0.372 e. The Balaban J connectivity index is 1.67. The van der Waals surface area contributed by atoms with Gasteiger partial charge in [0, 0.05) is 20.1 Å². The molecule has 2 saturated heterocycles. The van der Waals surface area contributed by atoms with E-state index in [4.69, 9.17) is 0 Å². The number of nitrogens with zero attached hydrogens (tertiary/aromatic N) is 3. The summed E-state index contributed by atoms with van der Waals surface area (Å²) >= 11 is 0. The molecule has 5 nitrogen and oxygen atoms in total. The van der Waals surface area contributed by atoms with Gasteiger partial charge >= 0.3 is 0 Å². The van der Waals surface area contributed by atoms with E-state index in [1.807, 2.05) is 19.2 Å². The fourth-order valence-electron chi connectivity index (χ4n) is 2.22. The van der Waals surface area contributed by atoms with E-state index in [0.717, 1.165) is 31.3 Å². The van der Waals surface area contributed by atoms with Gasteiger partial charge in [-0.15, -0.1) is 10.2 Å². The molecule has 5 heteroatoms. The predicted molar refractivity (Wildman–Crippen MR) is 59.1 cm³/mol. The summed E-state index contributed by atoms with van der Waals surface area (Å²) in [5.74, 6) is 1.80. The molecule has 1 aromatic heterocycles. The highest BCUT2D eigenvalue weighted by atomic mass is 15.4. The highest BCUT2D eigenvalue weighted by Gasteiger charge is 2.47. The van der Waals surface area contributed by atoms with Crippen molar-refractivity contribution in [1.29, 1.82) is 0 Å². The molecule has 80 valence electrons. The van der Waals surface area contributed by atoms with Crippen LogP contribution in [-0.2, 0) is 0 Å². The summed E-state index contributed by atoms with van der Waals surface area (Å²) in [5.41, 5.74) is 0.406. The number of aromatic nitrogens is 2. The molecule has 2 aliphatic rings. The lowest BCUT2D eigenvalue weighted by Crippen LogP contribution is -2.76. The first-order valence-electron chi connectivity index (χ1n) is 5.33. The number of rotatable bonds is 2. The normalized spacial score (nSPS) is 22.1. The van der Waals surface area contributed by atoms with Gasteiger partial charge < -0.3 is 15.5 Å². The van der Waals surface area contributed by atoms with Gasteiger partial charge in [0.25, 0.3) is 0 Å². The van der Waals surface area contributed by atoms with Crippen LogP contribution in [0.1, 0.15) is 6.42 Å². The second-order valence-corrected chi connectivity index (χ2v) is 4.34. The molecule has 0 atom stereocenters. The van der Waals surface area contributed by atoms with Gasteiger partial charge in [-0.05, 0) is 25.1 Å². The highest BCUT2D eigenvalue weighted by Crippen LogP contribution is 2.32. The third-order valence-electron chi connectivity index (χ3n) is 3.32. The van der Waals surface area contributed by atoms with Crippen LogP contribution in [0.25, 0.3) is 0 Å². The van der Waals surface area contributed by atoms with Crippen LogP contribution < -0.4 is 15.5 Å². The SMILES string of the molecule is CNc1ccc(N2CC3(CCN3)C2)nn1. The molecule has 0 aliphatic carbocycles. The molecule has 2 fully saturated rings. The van der Waals surface area contributed by atoms with Crippen LogP contribution in [0.2, 0.25) is 0 Å². The molecule has 3 rings (SSSR count). The van der Waals surface area contributed by atoms with Crippen LogP contribution >= 0.6 is 0 Å². The summed E-state index contributed by atoms with van der Waals surface area (Å²) in [6.07, 6.45) is 1.30. The first-order chi connectivity index (χ1) is 7.31. The summed E-state index contributed by atoms with van der Waals surface area (Å²) < 4.78 is 0. The molecule has 3 heterocycles. The third-order valence-corrected chi connectivity index (χ3v) is 3.32. The molecule has 0 bridgehead atoms. The van der Waals surface area contributed by atoms with Gasteiger partial charge in [0.05, 0.1) is 5.54 Å². The van der Waals surface area contributed by atoms with E-state index in [0.29, 0.717) is 5.54 Å². The van der Waals surface area contributed by atoms with E-state index in [1.54, 1.807) is 0 Å². The number of anilines is 2. The van der Waals surface area contributed by atoms with E-state index in [2.05, 4.69) is 25.7 Å². The molecule has 0 unspecified atom stereocenters. The first kappa shape index (κ1) is 8.91. The molecule has 0 radical (unpaired) electrons. The minimum atomic E-state index is 0.406. The molecular formula is C10H15N5. The van der Waals surface area contributed by atoms with Gasteiger partial charge in [-0.2, -0.15) is 0 Å². The Hall–Kier alpha value is -1.36. The Bertz CT molecular complexity index is 349. The maximum atomic E-state index is 4.18. The quantitative estimate of drug-likeness (QED) is 0.715. The standard InChI is InChI=1S/C10H15N5/c1-11-8-2-3-9(14-13-8)15-6-10(7-15)4-5-12-10/h2-3,12H,4-7H2,1H3,(H,11,13). The van der Waals surface area contributed by atoms with Crippen LogP contribution in [0.5, 0.6) is 0 Å². The fourth-order valence-corrected chi connectivity index (χ4v) is 2.22. The average molecular weight is 205 g/mol. The number of hydrogen-bond acceptors (Lipinski definition) is 5. The van der Waals surface area contributed by atoms with Crippen LogP contribution in [0.15, 0.2) is 12.1 Å². The van der Waals surface area contributed by atoms with Crippen molar-refractivity contribution in [1.82, 2.24) is 15.5 Å². The maximum Gasteiger partial charge on any atom is 0.151 e. The Morgan fingerprint density at radius 2 is 2.20 bits per heavy atom. The van der Waals surface area contributed by atoms with E-state index in [-0.39, 0.29) is 0 Å². The lowest BCUT2D eigenvalue weighted by molar-refractivity contribution is 0.158. The fraction of sp³-hybridized carbons (Fsp3) is 0.600.